The standard InChI is InChI=1S/C55H41BN2OS/c1-54(2,3)30-18-20-31(21-19-30)57-45-29-49-40(33-13-7-10-16-48(33)59-49)24-38(45)35-22-23-36-39-27-51-41(34-14-8-11-17-50(34)60-51)26-46(39)58-47-25-37-32-12-6-9-15-42(32)55(4,5)43(37)28-44(47)56-52(35)53(36)58/h6-29,56-57H,1-5H3. The number of aromatic nitrogens is 1. The van der Waals surface area contributed by atoms with Gasteiger partial charge in [-0.15, -0.1) is 11.3 Å². The molecule has 60 heavy (non-hydrogen) atoms. The van der Waals surface area contributed by atoms with E-state index in [0.717, 1.165) is 40.6 Å². The lowest BCUT2D eigenvalue weighted by molar-refractivity contribution is 0.590. The van der Waals surface area contributed by atoms with Gasteiger partial charge in [-0.3, -0.25) is 0 Å². The van der Waals surface area contributed by atoms with Crippen LogP contribution in [-0.4, -0.2) is 11.8 Å². The molecule has 8 aromatic carbocycles. The first kappa shape index (κ1) is 34.3. The molecular weight excluding hydrogens is 747 g/mol. The van der Waals surface area contributed by atoms with Crippen LogP contribution in [-0.2, 0) is 10.8 Å². The summed E-state index contributed by atoms with van der Waals surface area (Å²) in [7, 11) is 0.833. The third-order valence-corrected chi connectivity index (χ3v) is 14.9. The third kappa shape index (κ3) is 4.67. The minimum atomic E-state index is -0.0937. The van der Waals surface area contributed by atoms with E-state index in [-0.39, 0.29) is 10.8 Å². The zero-order valence-electron chi connectivity index (χ0n) is 34.3. The van der Waals surface area contributed by atoms with E-state index in [0.29, 0.717) is 0 Å². The van der Waals surface area contributed by atoms with Crippen molar-refractivity contribution in [1.82, 2.24) is 4.57 Å². The number of hydrogen-bond acceptors (Lipinski definition) is 3. The van der Waals surface area contributed by atoms with E-state index in [1.807, 2.05) is 11.3 Å². The molecule has 3 nitrogen and oxygen atoms in total. The summed E-state index contributed by atoms with van der Waals surface area (Å²) < 4.78 is 11.8. The van der Waals surface area contributed by atoms with E-state index in [2.05, 4.69) is 190 Å². The first-order valence-corrected chi connectivity index (χ1v) is 21.9. The van der Waals surface area contributed by atoms with Crippen molar-refractivity contribution in [2.45, 2.75) is 45.4 Å². The molecule has 0 saturated carbocycles. The Morgan fingerprint density at radius 2 is 1.37 bits per heavy atom. The predicted molar refractivity (Wildman–Crippen MR) is 259 cm³/mol. The molecule has 0 atom stereocenters. The highest BCUT2D eigenvalue weighted by atomic mass is 32.1. The molecule has 1 N–H and O–H groups in total. The fourth-order valence-electron chi connectivity index (χ4n) is 10.7. The molecule has 1 aliphatic carbocycles. The van der Waals surface area contributed by atoms with E-state index in [1.165, 1.54) is 97.5 Å². The number of hydrogen-bond donors (Lipinski definition) is 1. The third-order valence-electron chi connectivity index (χ3n) is 13.8. The van der Waals surface area contributed by atoms with Gasteiger partial charge < -0.3 is 14.3 Å². The number of rotatable bonds is 3. The molecule has 1 aliphatic heterocycles. The molecule has 0 fully saturated rings. The number of nitrogens with zero attached hydrogens (tertiary/aromatic N) is 1. The van der Waals surface area contributed by atoms with Crippen molar-refractivity contribution < 1.29 is 4.42 Å². The van der Waals surface area contributed by atoms with E-state index in [9.17, 15) is 0 Å². The summed E-state index contributed by atoms with van der Waals surface area (Å²) in [6, 6.07) is 54.6. The lowest BCUT2D eigenvalue weighted by Crippen LogP contribution is -2.38. The van der Waals surface area contributed by atoms with E-state index in [4.69, 9.17) is 4.42 Å². The van der Waals surface area contributed by atoms with Gasteiger partial charge in [-0.2, -0.15) is 0 Å². The summed E-state index contributed by atoms with van der Waals surface area (Å²) in [4.78, 5) is 0. The van der Waals surface area contributed by atoms with Gasteiger partial charge in [0.25, 0.3) is 0 Å². The summed E-state index contributed by atoms with van der Waals surface area (Å²) in [6.45, 7) is 11.6. The van der Waals surface area contributed by atoms with Crippen LogP contribution < -0.4 is 16.2 Å². The van der Waals surface area contributed by atoms with Crippen LogP contribution in [0.15, 0.2) is 150 Å². The number of para-hydroxylation sites is 1. The van der Waals surface area contributed by atoms with Crippen molar-refractivity contribution in [2.75, 3.05) is 5.32 Å². The average Bonchev–Trinajstić information content (AvgIpc) is 3.96. The summed E-state index contributed by atoms with van der Waals surface area (Å²) in [5, 5.41) is 11.4. The highest BCUT2D eigenvalue weighted by Gasteiger charge is 2.38. The molecule has 13 rings (SSSR count). The first-order chi connectivity index (χ1) is 29.1. The largest absolute Gasteiger partial charge is 0.456 e. The maximum atomic E-state index is 6.54. The Kier molecular flexibility index (Phi) is 6.75. The number of benzene rings is 8. The number of nitrogens with one attached hydrogen (secondary N) is 1. The molecule has 11 aromatic rings. The average molecular weight is 789 g/mol. The molecule has 0 radical (unpaired) electrons. The Morgan fingerprint density at radius 3 is 2.22 bits per heavy atom. The topological polar surface area (TPSA) is 30.1 Å². The molecule has 4 heterocycles. The van der Waals surface area contributed by atoms with E-state index in [1.54, 1.807) is 0 Å². The van der Waals surface area contributed by atoms with Gasteiger partial charge in [0.2, 0.25) is 0 Å². The second kappa shape index (κ2) is 11.8. The molecule has 0 unspecified atom stereocenters. The molecule has 3 aromatic heterocycles. The number of fused-ring (bicyclic) bond motifs is 14. The van der Waals surface area contributed by atoms with Crippen LogP contribution >= 0.6 is 11.3 Å². The monoisotopic (exact) mass is 788 g/mol. The van der Waals surface area contributed by atoms with Gasteiger partial charge in [-0.1, -0.05) is 131 Å². The summed E-state index contributed by atoms with van der Waals surface area (Å²) in [5.41, 5.74) is 19.7. The molecule has 0 saturated heterocycles. The molecular formula is C55H41BN2OS. The lowest BCUT2D eigenvalue weighted by Gasteiger charge is -2.27. The van der Waals surface area contributed by atoms with Gasteiger partial charge in [0.15, 0.2) is 7.28 Å². The van der Waals surface area contributed by atoms with Crippen molar-refractivity contribution in [3.8, 4) is 27.9 Å². The van der Waals surface area contributed by atoms with Crippen LogP contribution in [0.1, 0.15) is 51.3 Å². The van der Waals surface area contributed by atoms with E-state index >= 15 is 0 Å². The van der Waals surface area contributed by atoms with Crippen molar-refractivity contribution in [1.29, 1.82) is 0 Å². The van der Waals surface area contributed by atoms with Crippen LogP contribution in [0.5, 0.6) is 0 Å². The molecule has 0 amide bonds. The zero-order chi connectivity index (χ0) is 40.2. The summed E-state index contributed by atoms with van der Waals surface area (Å²) in [6.07, 6.45) is 0. The first-order valence-electron chi connectivity index (χ1n) is 21.1. The van der Waals surface area contributed by atoms with E-state index < -0.39 is 0 Å². The fraction of sp³-hybridized carbons (Fsp3) is 0.127. The molecule has 0 spiro atoms. The minimum absolute atomic E-state index is 0.0735. The quantitative estimate of drug-likeness (QED) is 0.181. The number of furan rings is 1. The van der Waals surface area contributed by atoms with Crippen molar-refractivity contribution in [3.63, 3.8) is 0 Å². The van der Waals surface area contributed by atoms with Crippen LogP contribution in [0.2, 0.25) is 0 Å². The molecule has 5 heteroatoms. The van der Waals surface area contributed by atoms with Gasteiger partial charge in [0, 0.05) is 75.7 Å². The Morgan fingerprint density at radius 1 is 0.583 bits per heavy atom. The van der Waals surface area contributed by atoms with Crippen LogP contribution in [0.25, 0.3) is 91.9 Å². The smallest absolute Gasteiger partial charge is 0.198 e. The SMILES string of the molecule is CC(C)(C)c1ccc(Nc2cc3oc4ccccc4c3cc2-c2ccc3c4cc5sc6ccccc6c5cc4n4c3c2Bc2cc3c(cc2-4)-c2ccccc2C3(C)C)cc1. The Hall–Kier alpha value is -6.56. The second-order valence-electron chi connectivity index (χ2n) is 18.6. The number of thiophene rings is 1. The molecule has 286 valence electrons. The normalized spacial score (nSPS) is 14.0. The maximum Gasteiger partial charge on any atom is 0.198 e. The molecule has 0 bridgehead atoms. The van der Waals surface area contributed by atoms with Gasteiger partial charge >= 0.3 is 0 Å². The van der Waals surface area contributed by atoms with Crippen LogP contribution in [0, 0.1) is 0 Å². The van der Waals surface area contributed by atoms with Gasteiger partial charge in [-0.25, -0.2) is 0 Å². The molecule has 2 aliphatic rings. The predicted octanol–water partition coefficient (Wildman–Crippen LogP) is 13.8. The van der Waals surface area contributed by atoms with Crippen LogP contribution in [0.4, 0.5) is 11.4 Å². The number of anilines is 2. The van der Waals surface area contributed by atoms with Crippen molar-refractivity contribution in [3.05, 3.63) is 162 Å². The second-order valence-corrected chi connectivity index (χ2v) is 19.7. The fourth-order valence-corrected chi connectivity index (χ4v) is 11.8. The highest BCUT2D eigenvalue weighted by molar-refractivity contribution is 7.25. The Labute approximate surface area is 353 Å². The highest BCUT2D eigenvalue weighted by Crippen LogP contribution is 2.50. The zero-order valence-corrected chi connectivity index (χ0v) is 35.1. The van der Waals surface area contributed by atoms with Gasteiger partial charge in [0.1, 0.15) is 11.2 Å². The summed E-state index contributed by atoms with van der Waals surface area (Å²) >= 11 is 1.90. The maximum absolute atomic E-state index is 6.54. The van der Waals surface area contributed by atoms with Gasteiger partial charge in [0.05, 0.1) is 11.2 Å². The Bertz CT molecular complexity index is 3670. The van der Waals surface area contributed by atoms with Gasteiger partial charge in [-0.05, 0) is 92.8 Å². The minimum Gasteiger partial charge on any atom is -0.456 e. The summed E-state index contributed by atoms with van der Waals surface area (Å²) in [5.74, 6) is 0. The van der Waals surface area contributed by atoms with Crippen LogP contribution in [0.3, 0.4) is 0 Å². The Balaban J connectivity index is 1.11. The van der Waals surface area contributed by atoms with Crippen molar-refractivity contribution in [2.24, 2.45) is 0 Å². The lowest BCUT2D eigenvalue weighted by atomic mass is 9.58. The van der Waals surface area contributed by atoms with Crippen molar-refractivity contribution >= 4 is 105 Å².